The van der Waals surface area contributed by atoms with Gasteiger partial charge in [0.1, 0.15) is 4.71 Å². The maximum absolute atomic E-state index is 14.4. The van der Waals surface area contributed by atoms with Gasteiger partial charge in [0, 0.05) is 29.7 Å². The quantitative estimate of drug-likeness (QED) is 0.267. The van der Waals surface area contributed by atoms with Gasteiger partial charge in [-0.3, -0.25) is 9.69 Å². The smallest absolute Gasteiger partial charge is 0.259 e. The van der Waals surface area contributed by atoms with Crippen molar-refractivity contribution in [3.63, 3.8) is 0 Å². The molecule has 0 unspecified atom stereocenters. The molecule has 2 aromatic rings. The monoisotopic (exact) mass is 496 g/mol. The molecule has 3 nitrogen and oxygen atoms in total. The van der Waals surface area contributed by atoms with E-state index in [1.165, 1.54) is 16.5 Å². The molecule has 0 radical (unpaired) electrons. The largest absolute Gasteiger partial charge is 0.351 e. The zero-order valence-corrected chi connectivity index (χ0v) is 22.7. The van der Waals surface area contributed by atoms with Gasteiger partial charge in [-0.1, -0.05) is 27.7 Å². The Kier molecular flexibility index (Phi) is 9.50. The van der Waals surface area contributed by atoms with Gasteiger partial charge < -0.3 is 4.57 Å². The molecular weight excluding hydrogens is 461 g/mol. The molecule has 172 valence electrons. The minimum absolute atomic E-state index is 0.138. The van der Waals surface area contributed by atoms with Crippen LogP contribution < -0.4 is 4.90 Å². The van der Waals surface area contributed by atoms with Crippen LogP contribution in [0.3, 0.4) is 0 Å². The van der Waals surface area contributed by atoms with E-state index < -0.39 is 4.08 Å². The number of aromatic nitrogens is 1. The van der Waals surface area contributed by atoms with Crippen molar-refractivity contribution in [2.24, 2.45) is 7.05 Å². The fourth-order valence-electron chi connectivity index (χ4n) is 3.91. The third-order valence-electron chi connectivity index (χ3n) is 5.29. The molecule has 1 aromatic carbocycles. The van der Waals surface area contributed by atoms with Crippen LogP contribution >= 0.6 is 47.0 Å². The Hall–Kier alpha value is -0.370. The predicted molar refractivity (Wildman–Crippen MR) is 147 cm³/mol. The molecule has 1 aliphatic heterocycles. The first-order valence-corrected chi connectivity index (χ1v) is 15.6. The highest BCUT2D eigenvalue weighted by Crippen LogP contribution is 2.59. The maximum Gasteiger partial charge on any atom is 0.259 e. The number of hydrogen-bond acceptors (Lipinski definition) is 5. The molecule has 1 aromatic heterocycles. The zero-order valence-electron chi connectivity index (χ0n) is 19.5. The summed E-state index contributed by atoms with van der Waals surface area (Å²) in [5.41, 5.74) is 3.59. The van der Waals surface area contributed by atoms with Crippen LogP contribution in [0.25, 0.3) is 10.9 Å². The van der Waals surface area contributed by atoms with Crippen LogP contribution in [0.5, 0.6) is 0 Å². The Morgan fingerprint density at radius 1 is 0.871 bits per heavy atom. The lowest BCUT2D eigenvalue weighted by atomic mass is 10.1. The number of amides is 1. The second-order valence-electron chi connectivity index (χ2n) is 7.86. The van der Waals surface area contributed by atoms with Gasteiger partial charge in [-0.05, 0) is 66.9 Å². The average Bonchev–Trinajstić information content (AvgIpc) is 3.27. The molecule has 2 heterocycles. The molecule has 0 spiro atoms. The molecular formula is C24H36N2OS4. The number of nitrogens with zero attached hydrogens (tertiary/aromatic N) is 2. The summed E-state index contributed by atoms with van der Waals surface area (Å²) >= 11 is 7.58. The molecule has 7 heteroatoms. The molecule has 0 fully saturated rings. The lowest BCUT2D eigenvalue weighted by Gasteiger charge is -2.31. The van der Waals surface area contributed by atoms with Crippen LogP contribution in [-0.2, 0) is 15.9 Å². The Bertz CT molecular complexity index is 866. The van der Waals surface area contributed by atoms with Crippen molar-refractivity contribution in [2.45, 2.75) is 62.2 Å². The summed E-state index contributed by atoms with van der Waals surface area (Å²) < 4.78 is 1.77. The molecule has 1 aliphatic rings. The summed E-state index contributed by atoms with van der Waals surface area (Å²) in [5, 5.41) is 1.24. The third kappa shape index (κ3) is 4.95. The van der Waals surface area contributed by atoms with Crippen LogP contribution in [-0.4, -0.2) is 38.2 Å². The van der Waals surface area contributed by atoms with Crippen molar-refractivity contribution in [2.75, 3.05) is 27.9 Å². The van der Waals surface area contributed by atoms with Gasteiger partial charge in [0.05, 0.1) is 5.69 Å². The molecule has 0 saturated carbocycles. The van der Waals surface area contributed by atoms with E-state index in [1.54, 1.807) is 0 Å². The van der Waals surface area contributed by atoms with Crippen molar-refractivity contribution in [1.82, 2.24) is 4.57 Å². The highest BCUT2D eigenvalue weighted by Gasteiger charge is 2.54. The topological polar surface area (TPSA) is 25.2 Å². The van der Waals surface area contributed by atoms with Crippen LogP contribution in [0.15, 0.2) is 24.4 Å². The van der Waals surface area contributed by atoms with E-state index in [-0.39, 0.29) is 10.6 Å². The van der Waals surface area contributed by atoms with Crippen molar-refractivity contribution in [3.05, 3.63) is 30.0 Å². The van der Waals surface area contributed by atoms with E-state index in [9.17, 15) is 4.79 Å². The number of fused-ring (bicyclic) bond motifs is 3. The summed E-state index contributed by atoms with van der Waals surface area (Å²) in [7, 11) is 2.10. The van der Waals surface area contributed by atoms with Gasteiger partial charge in [0.25, 0.3) is 5.91 Å². The number of hydrogen-bond donors (Lipinski definition) is 0. The van der Waals surface area contributed by atoms with Crippen molar-refractivity contribution in [1.29, 1.82) is 0 Å². The van der Waals surface area contributed by atoms with E-state index in [1.807, 2.05) is 47.0 Å². The summed E-state index contributed by atoms with van der Waals surface area (Å²) in [4.78, 5) is 16.5. The molecule has 3 rings (SSSR count). The van der Waals surface area contributed by atoms with E-state index in [0.29, 0.717) is 0 Å². The third-order valence-corrected chi connectivity index (χ3v) is 11.9. The van der Waals surface area contributed by atoms with E-state index in [0.717, 1.165) is 54.4 Å². The first-order chi connectivity index (χ1) is 15.1. The minimum atomic E-state index is -0.542. The number of thioether (sulfide) groups is 4. The van der Waals surface area contributed by atoms with Gasteiger partial charge in [-0.25, -0.2) is 0 Å². The lowest BCUT2D eigenvalue weighted by Crippen LogP contribution is -2.40. The minimum Gasteiger partial charge on any atom is -0.351 e. The van der Waals surface area contributed by atoms with E-state index >= 15 is 0 Å². The van der Waals surface area contributed by atoms with Gasteiger partial charge in [-0.2, -0.15) is 0 Å². The molecule has 1 amide bonds. The first-order valence-electron chi connectivity index (χ1n) is 11.5. The lowest BCUT2D eigenvalue weighted by molar-refractivity contribution is -0.118. The number of aryl methyl sites for hydroxylation is 1. The number of carbonyl (C=O) groups is 1. The Morgan fingerprint density at radius 2 is 1.45 bits per heavy atom. The summed E-state index contributed by atoms with van der Waals surface area (Å²) in [6.45, 7) is 8.87. The molecule has 0 N–H and O–H groups in total. The molecule has 0 atom stereocenters. The number of anilines is 1. The van der Waals surface area contributed by atoms with Gasteiger partial charge in [0.2, 0.25) is 0 Å². The van der Waals surface area contributed by atoms with Crippen molar-refractivity contribution in [3.8, 4) is 0 Å². The Balaban J connectivity index is 2.19. The molecule has 0 bridgehead atoms. The summed E-state index contributed by atoms with van der Waals surface area (Å²) in [6, 6.07) is 6.62. The van der Waals surface area contributed by atoms with Crippen LogP contribution in [0.1, 0.15) is 58.9 Å². The van der Waals surface area contributed by atoms with E-state index in [4.69, 9.17) is 0 Å². The predicted octanol–water partition coefficient (Wildman–Crippen LogP) is 7.53. The van der Waals surface area contributed by atoms with Crippen molar-refractivity contribution < 1.29 is 4.79 Å². The Labute approximate surface area is 205 Å². The van der Waals surface area contributed by atoms with Crippen LogP contribution in [0, 0.1) is 0 Å². The fraction of sp³-hybridized carbons (Fsp3) is 0.625. The van der Waals surface area contributed by atoms with Crippen LogP contribution in [0.2, 0.25) is 0 Å². The molecule has 0 aliphatic carbocycles. The van der Waals surface area contributed by atoms with Crippen LogP contribution in [0.4, 0.5) is 5.69 Å². The second-order valence-corrected chi connectivity index (χ2v) is 13.4. The normalized spacial score (nSPS) is 15.4. The van der Waals surface area contributed by atoms with Gasteiger partial charge in [-0.15, -0.1) is 47.0 Å². The average molecular weight is 497 g/mol. The molecule has 0 saturated heterocycles. The number of carbonyl (C=O) groups excluding carboxylic acids is 1. The van der Waals surface area contributed by atoms with Crippen molar-refractivity contribution >= 4 is 69.5 Å². The number of benzene rings is 1. The van der Waals surface area contributed by atoms with E-state index in [2.05, 4.69) is 68.6 Å². The Morgan fingerprint density at radius 3 is 2.00 bits per heavy atom. The SMILES string of the molecule is CCCSC(SCCC)N1C(=O)C(SCCC)(SCCC)c2c1ccc1c2ccn1C. The highest BCUT2D eigenvalue weighted by atomic mass is 32.2. The first kappa shape index (κ1) is 25.3. The fourth-order valence-corrected chi connectivity index (χ4v) is 9.44. The highest BCUT2D eigenvalue weighted by molar-refractivity contribution is 8.19. The zero-order chi connectivity index (χ0) is 22.4. The summed E-state index contributed by atoms with van der Waals surface area (Å²) in [5.74, 6) is 4.42. The second kappa shape index (κ2) is 11.7. The number of rotatable bonds is 13. The molecule has 31 heavy (non-hydrogen) atoms. The van der Waals surface area contributed by atoms with Gasteiger partial charge >= 0.3 is 0 Å². The van der Waals surface area contributed by atoms with Gasteiger partial charge in [0.15, 0.2) is 4.08 Å². The standard InChI is InChI=1S/C24H36N2OS4/c1-6-14-28-23(29-15-7-2)26-20-11-10-19-18(12-13-25(19)5)21(20)24(22(26)27,30-16-8-3)31-17-9-4/h10-13,23H,6-9,14-17H2,1-5H3. The summed E-state index contributed by atoms with van der Waals surface area (Å²) in [6.07, 6.45) is 6.53. The maximum atomic E-state index is 14.4.